The van der Waals surface area contributed by atoms with Crippen LogP contribution >= 0.6 is 0 Å². The van der Waals surface area contributed by atoms with E-state index in [1.54, 1.807) is 7.05 Å². The molecule has 1 unspecified atom stereocenters. The van der Waals surface area contributed by atoms with Crippen molar-refractivity contribution in [2.45, 2.75) is 13.0 Å². The maximum Gasteiger partial charge on any atom is 0.206 e. The third kappa shape index (κ3) is 2.37. The summed E-state index contributed by atoms with van der Waals surface area (Å²) in [4.78, 5) is 3.84. The van der Waals surface area contributed by atoms with Crippen LogP contribution in [0.25, 0.3) is 0 Å². The SMILES string of the molecule is CN=C(NN)NC(C)c1nn[nH]n1. The van der Waals surface area contributed by atoms with E-state index < -0.39 is 0 Å². The number of nitrogens with zero attached hydrogens (tertiary/aromatic N) is 4. The van der Waals surface area contributed by atoms with Crippen LogP contribution in [0.3, 0.4) is 0 Å². The van der Waals surface area contributed by atoms with Crippen LogP contribution in [0.1, 0.15) is 18.8 Å². The molecule has 0 saturated heterocycles. The minimum absolute atomic E-state index is 0.103. The topological polar surface area (TPSA) is 117 Å². The van der Waals surface area contributed by atoms with Crippen LogP contribution in [-0.2, 0) is 0 Å². The average molecular weight is 184 g/mol. The van der Waals surface area contributed by atoms with Crippen LogP contribution in [-0.4, -0.2) is 33.6 Å². The van der Waals surface area contributed by atoms with Crippen LogP contribution in [0, 0.1) is 0 Å². The first-order valence-corrected chi connectivity index (χ1v) is 3.71. The van der Waals surface area contributed by atoms with Gasteiger partial charge in [0.15, 0.2) is 5.82 Å². The Bertz CT molecular complexity index is 264. The molecule has 1 heterocycles. The molecule has 0 spiro atoms. The zero-order valence-corrected chi connectivity index (χ0v) is 7.44. The lowest BCUT2D eigenvalue weighted by Crippen LogP contribution is -2.42. The Balaban J connectivity index is 2.55. The zero-order valence-electron chi connectivity index (χ0n) is 7.44. The smallest absolute Gasteiger partial charge is 0.206 e. The van der Waals surface area contributed by atoms with Gasteiger partial charge in [0.2, 0.25) is 5.96 Å². The van der Waals surface area contributed by atoms with Crippen LogP contribution < -0.4 is 16.6 Å². The number of aromatic nitrogens is 4. The van der Waals surface area contributed by atoms with Gasteiger partial charge in [-0.15, -0.1) is 10.2 Å². The molecule has 0 aliphatic rings. The van der Waals surface area contributed by atoms with Gasteiger partial charge < -0.3 is 5.32 Å². The van der Waals surface area contributed by atoms with Crippen molar-refractivity contribution < 1.29 is 0 Å². The third-order valence-corrected chi connectivity index (χ3v) is 1.46. The molecule has 0 saturated carbocycles. The largest absolute Gasteiger partial charge is 0.345 e. The van der Waals surface area contributed by atoms with E-state index in [0.29, 0.717) is 11.8 Å². The first-order valence-electron chi connectivity index (χ1n) is 3.71. The van der Waals surface area contributed by atoms with E-state index in [2.05, 4.69) is 36.4 Å². The molecule has 1 aromatic heterocycles. The average Bonchev–Trinajstić information content (AvgIpc) is 2.66. The molecule has 0 aliphatic heterocycles. The highest BCUT2D eigenvalue weighted by Crippen LogP contribution is 2.01. The minimum Gasteiger partial charge on any atom is -0.345 e. The molecular weight excluding hydrogens is 172 g/mol. The second kappa shape index (κ2) is 4.36. The van der Waals surface area contributed by atoms with Crippen molar-refractivity contribution in [1.82, 2.24) is 31.4 Å². The number of hydrogen-bond acceptors (Lipinski definition) is 5. The second-order valence-corrected chi connectivity index (χ2v) is 2.35. The van der Waals surface area contributed by atoms with Gasteiger partial charge in [0.1, 0.15) is 0 Å². The molecule has 0 aromatic carbocycles. The molecule has 13 heavy (non-hydrogen) atoms. The normalized spacial score (nSPS) is 13.9. The number of guanidine groups is 1. The second-order valence-electron chi connectivity index (χ2n) is 2.35. The Morgan fingerprint density at radius 3 is 2.92 bits per heavy atom. The van der Waals surface area contributed by atoms with E-state index in [-0.39, 0.29) is 6.04 Å². The van der Waals surface area contributed by atoms with Crippen molar-refractivity contribution in [3.8, 4) is 0 Å². The van der Waals surface area contributed by atoms with E-state index in [4.69, 9.17) is 5.84 Å². The lowest BCUT2D eigenvalue weighted by Gasteiger charge is -2.11. The number of nitrogens with one attached hydrogen (secondary N) is 3. The Kier molecular flexibility index (Phi) is 3.15. The van der Waals surface area contributed by atoms with Gasteiger partial charge in [-0.05, 0) is 6.92 Å². The molecule has 0 radical (unpaired) electrons. The summed E-state index contributed by atoms with van der Waals surface area (Å²) in [7, 11) is 1.62. The van der Waals surface area contributed by atoms with E-state index >= 15 is 0 Å². The van der Waals surface area contributed by atoms with Crippen LogP contribution in [0.15, 0.2) is 4.99 Å². The predicted molar refractivity (Wildman–Crippen MR) is 46.4 cm³/mol. The molecule has 1 atom stereocenters. The van der Waals surface area contributed by atoms with E-state index in [1.165, 1.54) is 0 Å². The molecule has 0 aliphatic carbocycles. The molecule has 1 aromatic rings. The Labute approximate surface area is 75.0 Å². The van der Waals surface area contributed by atoms with Crippen molar-refractivity contribution in [2.24, 2.45) is 10.8 Å². The molecule has 0 fully saturated rings. The standard InChI is InChI=1S/C5H12N8/c1-3(4-10-12-13-11-4)8-5(7-2)9-6/h3H,6H2,1-2H3,(H2,7,8,9)(H,10,11,12,13). The molecule has 72 valence electrons. The molecule has 1 rings (SSSR count). The number of H-pyrrole nitrogens is 1. The lowest BCUT2D eigenvalue weighted by atomic mass is 10.3. The van der Waals surface area contributed by atoms with Gasteiger partial charge in [0, 0.05) is 7.05 Å². The summed E-state index contributed by atoms with van der Waals surface area (Å²) in [5, 5.41) is 16.3. The number of tetrazole rings is 1. The summed E-state index contributed by atoms with van der Waals surface area (Å²) in [5.41, 5.74) is 2.40. The summed E-state index contributed by atoms with van der Waals surface area (Å²) in [6.07, 6.45) is 0. The Morgan fingerprint density at radius 2 is 2.46 bits per heavy atom. The zero-order chi connectivity index (χ0) is 9.68. The number of hydrazine groups is 1. The van der Waals surface area contributed by atoms with Gasteiger partial charge in [0.25, 0.3) is 0 Å². The van der Waals surface area contributed by atoms with E-state index in [0.717, 1.165) is 0 Å². The lowest BCUT2D eigenvalue weighted by molar-refractivity contribution is 0.647. The third-order valence-electron chi connectivity index (χ3n) is 1.46. The van der Waals surface area contributed by atoms with E-state index in [9.17, 15) is 0 Å². The molecule has 8 heteroatoms. The Morgan fingerprint density at radius 1 is 1.69 bits per heavy atom. The summed E-state index contributed by atoms with van der Waals surface area (Å²) in [5.74, 6) is 6.20. The quantitative estimate of drug-likeness (QED) is 0.188. The van der Waals surface area contributed by atoms with Crippen molar-refractivity contribution in [2.75, 3.05) is 7.05 Å². The summed E-state index contributed by atoms with van der Waals surface area (Å²) in [6, 6.07) is -0.103. The van der Waals surface area contributed by atoms with Crippen molar-refractivity contribution in [3.63, 3.8) is 0 Å². The molecule has 0 bridgehead atoms. The maximum atomic E-state index is 5.18. The summed E-state index contributed by atoms with van der Waals surface area (Å²) >= 11 is 0. The minimum atomic E-state index is -0.103. The number of aliphatic imine (C=N–C) groups is 1. The highest BCUT2D eigenvalue weighted by molar-refractivity contribution is 5.79. The van der Waals surface area contributed by atoms with Crippen LogP contribution in [0.2, 0.25) is 0 Å². The van der Waals surface area contributed by atoms with E-state index in [1.807, 2.05) is 6.92 Å². The summed E-state index contributed by atoms with van der Waals surface area (Å²) in [6.45, 7) is 1.87. The number of rotatable bonds is 2. The van der Waals surface area contributed by atoms with Crippen LogP contribution in [0.4, 0.5) is 0 Å². The van der Waals surface area contributed by atoms with Gasteiger partial charge in [-0.1, -0.05) is 5.21 Å². The predicted octanol–water partition coefficient (Wildman–Crippen LogP) is -1.70. The fraction of sp³-hybridized carbons (Fsp3) is 0.600. The first-order chi connectivity index (χ1) is 6.27. The molecular formula is C5H12N8. The van der Waals surface area contributed by atoms with Crippen molar-refractivity contribution in [1.29, 1.82) is 0 Å². The number of hydrogen-bond donors (Lipinski definition) is 4. The van der Waals surface area contributed by atoms with Gasteiger partial charge in [-0.3, -0.25) is 10.4 Å². The monoisotopic (exact) mass is 184 g/mol. The van der Waals surface area contributed by atoms with Gasteiger partial charge in [0.05, 0.1) is 6.04 Å². The fourth-order valence-electron chi connectivity index (χ4n) is 0.793. The van der Waals surface area contributed by atoms with Crippen LogP contribution in [0.5, 0.6) is 0 Å². The number of nitrogens with two attached hydrogens (primary N) is 1. The van der Waals surface area contributed by atoms with Gasteiger partial charge in [-0.2, -0.15) is 5.21 Å². The van der Waals surface area contributed by atoms with Gasteiger partial charge in [-0.25, -0.2) is 5.84 Å². The molecule has 5 N–H and O–H groups in total. The van der Waals surface area contributed by atoms with Crippen molar-refractivity contribution >= 4 is 5.96 Å². The molecule has 0 amide bonds. The van der Waals surface area contributed by atoms with Crippen molar-refractivity contribution in [3.05, 3.63) is 5.82 Å². The molecule has 8 nitrogen and oxygen atoms in total. The first kappa shape index (κ1) is 9.39. The Hall–Kier alpha value is -1.70. The highest BCUT2D eigenvalue weighted by Gasteiger charge is 2.10. The fourth-order valence-corrected chi connectivity index (χ4v) is 0.793. The van der Waals surface area contributed by atoms with Gasteiger partial charge >= 0.3 is 0 Å². The summed E-state index contributed by atoms with van der Waals surface area (Å²) < 4.78 is 0. The maximum absolute atomic E-state index is 5.18. The highest BCUT2D eigenvalue weighted by atomic mass is 15.5. The number of aromatic amines is 1.